The first-order chi connectivity index (χ1) is 14.1. The van der Waals surface area contributed by atoms with Crippen molar-refractivity contribution in [2.75, 3.05) is 26.2 Å². The zero-order valence-corrected chi connectivity index (χ0v) is 17.6. The van der Waals surface area contributed by atoms with Crippen LogP contribution in [0, 0.1) is 6.92 Å². The molecule has 0 heterocycles. The Labute approximate surface area is 174 Å². The maximum absolute atomic E-state index is 11.9. The van der Waals surface area contributed by atoms with Crippen molar-refractivity contribution in [2.45, 2.75) is 26.4 Å². The third-order valence-corrected chi connectivity index (χ3v) is 5.50. The van der Waals surface area contributed by atoms with Crippen molar-refractivity contribution in [3.63, 3.8) is 0 Å². The van der Waals surface area contributed by atoms with Crippen molar-refractivity contribution in [3.8, 4) is 5.75 Å². The van der Waals surface area contributed by atoms with E-state index in [9.17, 15) is 5.11 Å². The van der Waals surface area contributed by atoms with Gasteiger partial charge in [0.2, 0.25) is 0 Å². The van der Waals surface area contributed by atoms with Crippen LogP contribution in [0.15, 0.2) is 78.9 Å². The smallest absolute Gasteiger partial charge is 0.140 e. The minimum Gasteiger partial charge on any atom is -0.492 e. The van der Waals surface area contributed by atoms with Crippen LogP contribution >= 0.6 is 0 Å². The maximum Gasteiger partial charge on any atom is 0.140 e. The van der Waals surface area contributed by atoms with Gasteiger partial charge in [0, 0.05) is 6.54 Å². The molecule has 0 aliphatic carbocycles. The normalized spacial score (nSPS) is 13.3. The molecule has 0 saturated carbocycles. The van der Waals surface area contributed by atoms with E-state index < -0.39 is 5.60 Å². The van der Waals surface area contributed by atoms with Crippen LogP contribution in [0.4, 0.5) is 0 Å². The van der Waals surface area contributed by atoms with E-state index in [4.69, 9.17) is 4.74 Å². The second kappa shape index (κ2) is 9.73. The number of benzene rings is 3. The fourth-order valence-electron chi connectivity index (χ4n) is 3.60. The van der Waals surface area contributed by atoms with E-state index in [0.717, 1.165) is 42.1 Å². The lowest BCUT2D eigenvalue weighted by Crippen LogP contribution is -2.29. The van der Waals surface area contributed by atoms with Crippen LogP contribution in [-0.2, 0) is 5.60 Å². The topological polar surface area (TPSA) is 32.7 Å². The lowest BCUT2D eigenvalue weighted by Gasteiger charge is -2.30. The molecule has 3 rings (SSSR count). The fraction of sp³-hybridized carbons (Fsp3) is 0.308. The zero-order chi connectivity index (χ0) is 20.7. The molecule has 0 saturated heterocycles. The van der Waals surface area contributed by atoms with Crippen LogP contribution in [0.1, 0.15) is 36.1 Å². The van der Waals surface area contributed by atoms with Gasteiger partial charge in [-0.25, -0.2) is 0 Å². The van der Waals surface area contributed by atoms with Gasteiger partial charge in [-0.1, -0.05) is 86.1 Å². The summed E-state index contributed by atoms with van der Waals surface area (Å²) >= 11 is 0. The first-order valence-corrected chi connectivity index (χ1v) is 10.4. The van der Waals surface area contributed by atoms with Crippen molar-refractivity contribution in [2.24, 2.45) is 0 Å². The molecule has 0 aliphatic heterocycles. The van der Waals surface area contributed by atoms with Crippen LogP contribution in [0.3, 0.4) is 0 Å². The lowest BCUT2D eigenvalue weighted by atomic mass is 9.80. The highest BCUT2D eigenvalue weighted by atomic mass is 16.5. The van der Waals surface area contributed by atoms with Gasteiger partial charge in [0.15, 0.2) is 0 Å². The number of nitrogens with zero attached hydrogens (tertiary/aromatic N) is 1. The second-order valence-electron chi connectivity index (χ2n) is 7.34. The van der Waals surface area contributed by atoms with Gasteiger partial charge in [0.05, 0.1) is 0 Å². The predicted molar refractivity (Wildman–Crippen MR) is 119 cm³/mol. The molecule has 3 aromatic carbocycles. The quantitative estimate of drug-likeness (QED) is 0.523. The molecule has 0 bridgehead atoms. The van der Waals surface area contributed by atoms with Gasteiger partial charge >= 0.3 is 0 Å². The lowest BCUT2D eigenvalue weighted by molar-refractivity contribution is 0.125. The number of ether oxygens (including phenoxy) is 1. The minimum absolute atomic E-state index is 0.655. The van der Waals surface area contributed by atoms with Gasteiger partial charge in [0.1, 0.15) is 18.0 Å². The highest BCUT2D eigenvalue weighted by Crippen LogP contribution is 2.37. The first-order valence-electron chi connectivity index (χ1n) is 10.4. The standard InChI is InChI=1S/C26H31NO2/c1-4-27(5-2)19-20-29-25-17-15-24(16-18-25)26(28,22-9-7-6-8-10-22)23-13-11-21(3)12-14-23/h6-18,28H,4-5,19-20H2,1-3H3. The summed E-state index contributed by atoms with van der Waals surface area (Å²) in [6.07, 6.45) is 0. The number of hydrogen-bond acceptors (Lipinski definition) is 3. The van der Waals surface area contributed by atoms with Gasteiger partial charge < -0.3 is 14.7 Å². The van der Waals surface area contributed by atoms with E-state index in [0.29, 0.717) is 6.61 Å². The Morgan fingerprint density at radius 2 is 1.28 bits per heavy atom. The summed E-state index contributed by atoms with van der Waals surface area (Å²) in [6.45, 7) is 9.99. The van der Waals surface area contributed by atoms with Crippen LogP contribution in [0.2, 0.25) is 0 Å². The van der Waals surface area contributed by atoms with E-state index in [2.05, 4.69) is 25.7 Å². The average molecular weight is 390 g/mol. The largest absolute Gasteiger partial charge is 0.492 e. The second-order valence-corrected chi connectivity index (χ2v) is 7.34. The number of likely N-dealkylation sites (N-methyl/N-ethyl adjacent to an activating group) is 1. The van der Waals surface area contributed by atoms with Crippen molar-refractivity contribution in [1.82, 2.24) is 4.90 Å². The molecule has 0 amide bonds. The Balaban J connectivity index is 1.86. The molecule has 0 radical (unpaired) electrons. The molecule has 0 aromatic heterocycles. The van der Waals surface area contributed by atoms with Crippen molar-refractivity contribution in [1.29, 1.82) is 0 Å². The first kappa shape index (κ1) is 21.1. The predicted octanol–water partition coefficient (Wildman–Crippen LogP) is 5.00. The van der Waals surface area contributed by atoms with Crippen LogP contribution in [-0.4, -0.2) is 36.2 Å². The third kappa shape index (κ3) is 4.87. The van der Waals surface area contributed by atoms with Gasteiger partial charge in [-0.2, -0.15) is 0 Å². The summed E-state index contributed by atoms with van der Waals surface area (Å²) in [6, 6.07) is 25.7. The van der Waals surface area contributed by atoms with Crippen molar-refractivity contribution >= 4 is 0 Å². The SMILES string of the molecule is CCN(CC)CCOc1ccc(C(O)(c2ccccc2)c2ccc(C)cc2)cc1. The average Bonchev–Trinajstić information content (AvgIpc) is 2.78. The summed E-state index contributed by atoms with van der Waals surface area (Å²) in [5, 5.41) is 11.9. The monoisotopic (exact) mass is 389 g/mol. The molecule has 1 atom stereocenters. The third-order valence-electron chi connectivity index (χ3n) is 5.50. The Morgan fingerprint density at radius 3 is 1.83 bits per heavy atom. The zero-order valence-electron chi connectivity index (χ0n) is 17.6. The summed E-state index contributed by atoms with van der Waals surface area (Å²) in [5.41, 5.74) is 2.47. The fourth-order valence-corrected chi connectivity index (χ4v) is 3.60. The summed E-state index contributed by atoms with van der Waals surface area (Å²) in [4.78, 5) is 2.33. The number of aryl methyl sites for hydroxylation is 1. The van der Waals surface area contributed by atoms with Crippen LogP contribution < -0.4 is 4.74 Å². The highest BCUT2D eigenvalue weighted by Gasteiger charge is 2.33. The van der Waals surface area contributed by atoms with Gasteiger partial charge in [0.25, 0.3) is 0 Å². The van der Waals surface area contributed by atoms with E-state index in [1.165, 1.54) is 5.56 Å². The molecule has 29 heavy (non-hydrogen) atoms. The summed E-state index contributed by atoms with van der Waals surface area (Å²) in [5.74, 6) is 0.820. The van der Waals surface area contributed by atoms with Crippen LogP contribution in [0.25, 0.3) is 0 Å². The molecule has 152 valence electrons. The Hall–Kier alpha value is -2.62. The van der Waals surface area contributed by atoms with Gasteiger partial charge in [-0.3, -0.25) is 0 Å². The van der Waals surface area contributed by atoms with E-state index >= 15 is 0 Å². The highest BCUT2D eigenvalue weighted by molar-refractivity contribution is 5.48. The molecule has 1 N–H and O–H groups in total. The maximum atomic E-state index is 11.9. The van der Waals surface area contributed by atoms with Gasteiger partial charge in [-0.15, -0.1) is 0 Å². The molecule has 3 heteroatoms. The van der Waals surface area contributed by atoms with Crippen molar-refractivity contribution < 1.29 is 9.84 Å². The van der Waals surface area contributed by atoms with Crippen molar-refractivity contribution in [3.05, 3.63) is 101 Å². The summed E-state index contributed by atoms with van der Waals surface area (Å²) < 4.78 is 5.91. The Kier molecular flexibility index (Phi) is 7.08. The minimum atomic E-state index is -1.21. The van der Waals surface area contributed by atoms with E-state index in [-0.39, 0.29) is 0 Å². The summed E-state index contributed by atoms with van der Waals surface area (Å²) in [7, 11) is 0. The van der Waals surface area contributed by atoms with Gasteiger partial charge in [-0.05, 0) is 48.8 Å². The number of aliphatic hydroxyl groups is 1. The Bertz CT molecular complexity index is 871. The number of rotatable bonds is 9. The van der Waals surface area contributed by atoms with E-state index in [1.54, 1.807) is 0 Å². The molecule has 0 fully saturated rings. The van der Waals surface area contributed by atoms with E-state index in [1.807, 2.05) is 78.9 Å². The molecule has 0 aliphatic rings. The molecule has 3 nitrogen and oxygen atoms in total. The molecule has 0 spiro atoms. The molecule has 3 aromatic rings. The molecule has 1 unspecified atom stereocenters. The Morgan fingerprint density at radius 1 is 0.759 bits per heavy atom. The molecular weight excluding hydrogens is 358 g/mol. The molecular formula is C26H31NO2. The van der Waals surface area contributed by atoms with Crippen LogP contribution in [0.5, 0.6) is 5.75 Å². The number of hydrogen-bond donors (Lipinski definition) is 1.